The maximum Gasteiger partial charge on any atom is 0.354 e. The van der Waals surface area contributed by atoms with Crippen LogP contribution in [0.15, 0.2) is 45.9 Å². The van der Waals surface area contributed by atoms with Gasteiger partial charge in [0.2, 0.25) is 11.8 Å². The summed E-state index contributed by atoms with van der Waals surface area (Å²) in [6.07, 6.45) is 7.93. The lowest BCUT2D eigenvalue weighted by Crippen LogP contribution is -2.22. The fourth-order valence-corrected chi connectivity index (χ4v) is 5.23. The van der Waals surface area contributed by atoms with Crippen LogP contribution in [0, 0.1) is 0 Å². The van der Waals surface area contributed by atoms with Crippen LogP contribution in [0.1, 0.15) is 30.4 Å². The van der Waals surface area contributed by atoms with Gasteiger partial charge in [0, 0.05) is 30.8 Å². The first-order chi connectivity index (χ1) is 16.5. The SMILES string of the molecule is NS(=O)(=NC(=O)Nc1c(-c2ccnc(OC3CC3)c2)ccc2c1CC2)c1cnn2c1OCCC2. The Balaban J connectivity index is 1.33. The molecule has 1 fully saturated rings. The number of nitrogens with two attached hydrogens (primary N) is 1. The van der Waals surface area contributed by atoms with Crippen molar-refractivity contribution in [2.45, 2.75) is 49.6 Å². The number of ether oxygens (including phenoxy) is 2. The van der Waals surface area contributed by atoms with E-state index in [0.29, 0.717) is 30.6 Å². The van der Waals surface area contributed by atoms with Gasteiger partial charge in [0.1, 0.15) is 11.0 Å². The number of carbonyl (C=O) groups excluding carboxylic acids is 1. The third-order valence-corrected chi connectivity index (χ3v) is 7.54. The Morgan fingerprint density at radius 1 is 1.29 bits per heavy atom. The molecule has 34 heavy (non-hydrogen) atoms. The highest BCUT2D eigenvalue weighted by Gasteiger charge is 2.27. The number of aryl methyl sites for hydroxylation is 2. The third-order valence-electron chi connectivity index (χ3n) is 6.19. The molecule has 1 aromatic carbocycles. The minimum absolute atomic E-state index is 0.125. The summed E-state index contributed by atoms with van der Waals surface area (Å²) >= 11 is 0. The monoisotopic (exact) mass is 480 g/mol. The van der Waals surface area contributed by atoms with Crippen molar-refractivity contribution in [2.24, 2.45) is 9.50 Å². The summed E-state index contributed by atoms with van der Waals surface area (Å²) in [5.74, 6) is 0.861. The van der Waals surface area contributed by atoms with E-state index in [9.17, 15) is 9.00 Å². The van der Waals surface area contributed by atoms with E-state index < -0.39 is 15.9 Å². The first-order valence-electron chi connectivity index (χ1n) is 11.3. The zero-order valence-electron chi connectivity index (χ0n) is 18.4. The van der Waals surface area contributed by atoms with E-state index in [1.807, 2.05) is 18.2 Å². The molecule has 1 aliphatic heterocycles. The van der Waals surface area contributed by atoms with Crippen LogP contribution in [-0.2, 0) is 29.3 Å². The molecule has 0 spiro atoms. The Bertz CT molecular complexity index is 1420. The Hall–Kier alpha value is -3.44. The Morgan fingerprint density at radius 3 is 2.97 bits per heavy atom. The summed E-state index contributed by atoms with van der Waals surface area (Å²) < 4.78 is 30.0. The van der Waals surface area contributed by atoms with Gasteiger partial charge in [0.15, 0.2) is 9.92 Å². The molecule has 10 nitrogen and oxygen atoms in total. The van der Waals surface area contributed by atoms with E-state index in [1.165, 1.54) is 6.20 Å². The molecule has 0 radical (unpaired) electrons. The number of rotatable bonds is 5. The van der Waals surface area contributed by atoms with E-state index >= 15 is 0 Å². The molecule has 0 saturated heterocycles. The smallest absolute Gasteiger partial charge is 0.354 e. The van der Waals surface area contributed by atoms with Crippen molar-refractivity contribution in [2.75, 3.05) is 11.9 Å². The van der Waals surface area contributed by atoms with Crippen LogP contribution >= 0.6 is 0 Å². The van der Waals surface area contributed by atoms with Crippen molar-refractivity contribution < 1.29 is 18.5 Å². The molecule has 3 aliphatic rings. The fourth-order valence-electron chi connectivity index (χ4n) is 4.22. The fraction of sp³-hybridized carbons (Fsp3) is 0.348. The summed E-state index contributed by atoms with van der Waals surface area (Å²) in [5.41, 5.74) is 4.53. The number of nitrogens with zero attached hydrogens (tertiary/aromatic N) is 4. The molecule has 2 amide bonds. The number of urea groups is 1. The number of amides is 2. The number of carbonyl (C=O) groups is 1. The van der Waals surface area contributed by atoms with Gasteiger partial charge in [-0.3, -0.25) is 0 Å². The van der Waals surface area contributed by atoms with Crippen LogP contribution in [-0.4, -0.2) is 37.7 Å². The van der Waals surface area contributed by atoms with Gasteiger partial charge < -0.3 is 14.8 Å². The van der Waals surface area contributed by atoms with Crippen molar-refractivity contribution in [3.8, 4) is 22.9 Å². The molecule has 2 aromatic heterocycles. The number of hydrogen-bond acceptors (Lipinski definition) is 6. The van der Waals surface area contributed by atoms with Crippen LogP contribution in [0.5, 0.6) is 11.8 Å². The Labute approximate surface area is 196 Å². The summed E-state index contributed by atoms with van der Waals surface area (Å²) in [4.78, 5) is 17.4. The van der Waals surface area contributed by atoms with Crippen molar-refractivity contribution in [1.82, 2.24) is 14.8 Å². The number of nitrogens with one attached hydrogen (secondary N) is 1. The Morgan fingerprint density at radius 2 is 2.18 bits per heavy atom. The predicted octanol–water partition coefficient (Wildman–Crippen LogP) is 3.30. The lowest BCUT2D eigenvalue weighted by Gasteiger charge is -2.25. The van der Waals surface area contributed by atoms with Gasteiger partial charge in [0.05, 0.1) is 18.5 Å². The van der Waals surface area contributed by atoms with Crippen LogP contribution in [0.3, 0.4) is 0 Å². The van der Waals surface area contributed by atoms with E-state index in [4.69, 9.17) is 14.6 Å². The number of anilines is 1. The molecular weight excluding hydrogens is 456 g/mol. The average molecular weight is 481 g/mol. The van der Waals surface area contributed by atoms with Gasteiger partial charge in [-0.1, -0.05) is 12.1 Å². The summed E-state index contributed by atoms with van der Waals surface area (Å²) in [7, 11) is -3.55. The number of hydrogen-bond donors (Lipinski definition) is 2. The highest BCUT2D eigenvalue weighted by atomic mass is 32.2. The molecule has 11 heteroatoms. The maximum absolute atomic E-state index is 13.2. The van der Waals surface area contributed by atoms with Gasteiger partial charge in [0.25, 0.3) is 0 Å². The largest absolute Gasteiger partial charge is 0.477 e. The minimum atomic E-state index is -3.55. The van der Waals surface area contributed by atoms with Crippen molar-refractivity contribution in [1.29, 1.82) is 0 Å². The van der Waals surface area contributed by atoms with Crippen molar-refractivity contribution in [3.63, 3.8) is 0 Å². The third kappa shape index (κ3) is 3.90. The van der Waals surface area contributed by atoms with E-state index in [1.54, 1.807) is 10.9 Å². The predicted molar refractivity (Wildman–Crippen MR) is 125 cm³/mol. The summed E-state index contributed by atoms with van der Waals surface area (Å²) in [6.45, 7) is 1.10. The molecule has 3 aromatic rings. The summed E-state index contributed by atoms with van der Waals surface area (Å²) in [5, 5.41) is 13.0. The summed E-state index contributed by atoms with van der Waals surface area (Å²) in [6, 6.07) is 6.98. The lowest BCUT2D eigenvalue weighted by molar-refractivity contribution is 0.224. The quantitative estimate of drug-likeness (QED) is 0.576. The molecule has 2 aliphatic carbocycles. The van der Waals surface area contributed by atoms with Crippen molar-refractivity contribution in [3.05, 3.63) is 47.8 Å². The molecule has 3 N–H and O–H groups in total. The van der Waals surface area contributed by atoms with Crippen LogP contribution < -0.4 is 19.9 Å². The van der Waals surface area contributed by atoms with Crippen LogP contribution in [0.25, 0.3) is 11.1 Å². The van der Waals surface area contributed by atoms with Crippen LogP contribution in [0.2, 0.25) is 0 Å². The highest BCUT2D eigenvalue weighted by Crippen LogP contribution is 2.39. The normalized spacial score (nSPS) is 17.9. The number of fused-ring (bicyclic) bond motifs is 2. The molecule has 0 bridgehead atoms. The second-order valence-electron chi connectivity index (χ2n) is 8.65. The maximum atomic E-state index is 13.2. The standard InChI is InChI=1S/C23H24N6O4S/c24-34(31,19-13-26-29-10-1-11-32-22(19)29)28-23(30)27-21-17-6-2-14(17)3-7-18(21)15-8-9-25-20(12-15)33-16-4-5-16/h3,7-9,12-13,16H,1-2,4-6,10-11H2,(H3,24,27,28,30,31). The van der Waals surface area contributed by atoms with Crippen LogP contribution in [0.4, 0.5) is 10.5 Å². The molecule has 6 rings (SSSR count). The van der Waals surface area contributed by atoms with Gasteiger partial charge >= 0.3 is 6.03 Å². The molecule has 176 valence electrons. The molecule has 1 atom stereocenters. The van der Waals surface area contributed by atoms with Crippen molar-refractivity contribution >= 4 is 21.6 Å². The van der Waals surface area contributed by atoms with Gasteiger partial charge in [-0.15, -0.1) is 4.36 Å². The van der Waals surface area contributed by atoms with E-state index in [0.717, 1.165) is 54.4 Å². The molecule has 1 unspecified atom stereocenters. The number of benzene rings is 1. The number of pyridine rings is 1. The topological polar surface area (TPSA) is 134 Å². The first-order valence-corrected chi connectivity index (χ1v) is 12.9. The van der Waals surface area contributed by atoms with E-state index in [-0.39, 0.29) is 11.0 Å². The average Bonchev–Trinajstić information content (AvgIpc) is 3.48. The zero-order chi connectivity index (χ0) is 23.3. The Kier molecular flexibility index (Phi) is 5.03. The lowest BCUT2D eigenvalue weighted by atomic mass is 9.84. The van der Waals surface area contributed by atoms with E-state index in [2.05, 4.69) is 25.8 Å². The second kappa shape index (κ2) is 8.10. The zero-order valence-corrected chi connectivity index (χ0v) is 19.2. The van der Waals surface area contributed by atoms with Gasteiger partial charge in [-0.25, -0.2) is 23.8 Å². The number of aromatic nitrogens is 3. The van der Waals surface area contributed by atoms with Gasteiger partial charge in [-0.05, 0) is 48.4 Å². The van der Waals surface area contributed by atoms with Gasteiger partial charge in [-0.2, -0.15) is 5.10 Å². The second-order valence-corrected chi connectivity index (χ2v) is 10.4. The first kappa shape index (κ1) is 21.1. The highest BCUT2D eigenvalue weighted by molar-refractivity contribution is 7.91. The molecule has 3 heterocycles. The molecular formula is C23H24N6O4S. The minimum Gasteiger partial charge on any atom is -0.477 e. The molecule has 1 saturated carbocycles.